The second kappa shape index (κ2) is 6.56. The lowest BCUT2D eigenvalue weighted by molar-refractivity contribution is -0.173. The molecule has 0 saturated heterocycles. The third-order valence-electron chi connectivity index (χ3n) is 2.09. The number of hydrogen-bond acceptors (Lipinski definition) is 3. The zero-order valence-electron chi connectivity index (χ0n) is 9.50. The molecular formula is C11H15F3N2O. The van der Waals surface area contributed by atoms with Crippen LogP contribution in [0.15, 0.2) is 24.4 Å². The largest absolute Gasteiger partial charge is 0.411 e. The van der Waals surface area contributed by atoms with E-state index < -0.39 is 12.8 Å². The van der Waals surface area contributed by atoms with Gasteiger partial charge in [-0.1, -0.05) is 6.07 Å². The Kier molecular flexibility index (Phi) is 5.37. The van der Waals surface area contributed by atoms with Gasteiger partial charge in [0.25, 0.3) is 0 Å². The number of nitrogens with zero attached hydrogens (tertiary/aromatic N) is 1. The maximum Gasteiger partial charge on any atom is 0.411 e. The standard InChI is InChI=1S/C11H15F3N2O/c1-9(10-4-2-3-5-16-10)15-6-7-17-8-11(12,13)14/h2-5,9,15H,6-8H2,1H3. The first kappa shape index (κ1) is 13.9. The Morgan fingerprint density at radius 3 is 2.76 bits per heavy atom. The molecule has 1 aromatic heterocycles. The summed E-state index contributed by atoms with van der Waals surface area (Å²) in [6, 6.07) is 5.52. The molecule has 96 valence electrons. The Bertz CT molecular complexity index is 316. The van der Waals surface area contributed by atoms with E-state index in [4.69, 9.17) is 0 Å². The third kappa shape index (κ3) is 6.23. The predicted octanol–water partition coefficient (Wildman–Crippen LogP) is 2.31. The lowest BCUT2D eigenvalue weighted by Gasteiger charge is -2.13. The SMILES string of the molecule is CC(NCCOCC(F)(F)F)c1ccccn1. The topological polar surface area (TPSA) is 34.1 Å². The molecule has 1 N–H and O–H groups in total. The maximum atomic E-state index is 11.8. The molecule has 17 heavy (non-hydrogen) atoms. The maximum absolute atomic E-state index is 11.8. The van der Waals surface area contributed by atoms with E-state index in [9.17, 15) is 13.2 Å². The quantitative estimate of drug-likeness (QED) is 0.784. The van der Waals surface area contributed by atoms with E-state index in [2.05, 4.69) is 15.0 Å². The van der Waals surface area contributed by atoms with E-state index in [0.29, 0.717) is 6.54 Å². The molecule has 0 aliphatic carbocycles. The zero-order chi connectivity index (χ0) is 12.7. The van der Waals surface area contributed by atoms with Gasteiger partial charge in [-0.2, -0.15) is 13.2 Å². The molecule has 0 fully saturated rings. The van der Waals surface area contributed by atoms with Gasteiger partial charge < -0.3 is 10.1 Å². The molecule has 1 heterocycles. The Hall–Kier alpha value is -1.14. The van der Waals surface area contributed by atoms with Crippen molar-refractivity contribution < 1.29 is 17.9 Å². The van der Waals surface area contributed by atoms with Crippen molar-refractivity contribution in [2.75, 3.05) is 19.8 Å². The molecule has 1 rings (SSSR count). The van der Waals surface area contributed by atoms with Crippen LogP contribution in [0, 0.1) is 0 Å². The highest BCUT2D eigenvalue weighted by Crippen LogP contribution is 2.14. The molecule has 0 aliphatic heterocycles. The van der Waals surface area contributed by atoms with Crippen LogP contribution in [0.3, 0.4) is 0 Å². The molecule has 1 atom stereocenters. The number of aromatic nitrogens is 1. The summed E-state index contributed by atoms with van der Waals surface area (Å²) in [5.41, 5.74) is 0.850. The van der Waals surface area contributed by atoms with Crippen LogP contribution >= 0.6 is 0 Å². The first-order valence-corrected chi connectivity index (χ1v) is 5.28. The minimum Gasteiger partial charge on any atom is -0.371 e. The van der Waals surface area contributed by atoms with Gasteiger partial charge >= 0.3 is 6.18 Å². The molecule has 0 aliphatic rings. The number of ether oxygens (including phenoxy) is 1. The van der Waals surface area contributed by atoms with E-state index in [1.54, 1.807) is 6.20 Å². The number of nitrogens with one attached hydrogen (secondary N) is 1. The molecule has 0 bridgehead atoms. The van der Waals surface area contributed by atoms with Crippen molar-refractivity contribution in [1.82, 2.24) is 10.3 Å². The van der Waals surface area contributed by atoms with Crippen LogP contribution in [-0.2, 0) is 4.74 Å². The van der Waals surface area contributed by atoms with Crippen LogP contribution < -0.4 is 5.32 Å². The minimum atomic E-state index is -4.26. The van der Waals surface area contributed by atoms with Crippen molar-refractivity contribution >= 4 is 0 Å². The van der Waals surface area contributed by atoms with Crippen LogP contribution in [0.1, 0.15) is 18.7 Å². The number of hydrogen-bond donors (Lipinski definition) is 1. The lowest BCUT2D eigenvalue weighted by atomic mass is 10.2. The van der Waals surface area contributed by atoms with Crippen molar-refractivity contribution in [3.8, 4) is 0 Å². The summed E-state index contributed by atoms with van der Waals surface area (Å²) in [6.45, 7) is 1.07. The van der Waals surface area contributed by atoms with E-state index in [-0.39, 0.29) is 12.6 Å². The van der Waals surface area contributed by atoms with E-state index in [1.165, 1.54) is 0 Å². The molecule has 0 spiro atoms. The Morgan fingerprint density at radius 2 is 2.18 bits per heavy atom. The fourth-order valence-corrected chi connectivity index (χ4v) is 1.27. The monoisotopic (exact) mass is 248 g/mol. The fourth-order valence-electron chi connectivity index (χ4n) is 1.27. The summed E-state index contributed by atoms with van der Waals surface area (Å²) in [7, 11) is 0. The van der Waals surface area contributed by atoms with Gasteiger partial charge in [0, 0.05) is 18.8 Å². The highest BCUT2D eigenvalue weighted by molar-refractivity contribution is 5.07. The molecule has 0 aromatic carbocycles. The summed E-state index contributed by atoms with van der Waals surface area (Å²) >= 11 is 0. The van der Waals surface area contributed by atoms with Gasteiger partial charge in [-0.3, -0.25) is 4.98 Å². The molecule has 0 saturated carbocycles. The minimum absolute atomic E-state index is 0.00862. The molecule has 6 heteroatoms. The highest BCUT2D eigenvalue weighted by Gasteiger charge is 2.27. The van der Waals surface area contributed by atoms with Crippen molar-refractivity contribution in [3.05, 3.63) is 30.1 Å². The summed E-state index contributed by atoms with van der Waals surface area (Å²) in [4.78, 5) is 4.13. The Morgan fingerprint density at radius 1 is 1.41 bits per heavy atom. The van der Waals surface area contributed by atoms with Gasteiger partial charge in [0.1, 0.15) is 6.61 Å². The van der Waals surface area contributed by atoms with Crippen LogP contribution in [0.2, 0.25) is 0 Å². The van der Waals surface area contributed by atoms with Gasteiger partial charge in [0.15, 0.2) is 0 Å². The van der Waals surface area contributed by atoms with Gasteiger partial charge in [-0.25, -0.2) is 0 Å². The molecule has 0 radical (unpaired) electrons. The van der Waals surface area contributed by atoms with E-state index in [0.717, 1.165) is 5.69 Å². The van der Waals surface area contributed by atoms with Crippen molar-refractivity contribution in [3.63, 3.8) is 0 Å². The van der Waals surface area contributed by atoms with Crippen molar-refractivity contribution in [1.29, 1.82) is 0 Å². The van der Waals surface area contributed by atoms with Gasteiger partial charge in [0.05, 0.1) is 12.3 Å². The zero-order valence-corrected chi connectivity index (χ0v) is 9.50. The molecule has 3 nitrogen and oxygen atoms in total. The van der Waals surface area contributed by atoms with E-state index >= 15 is 0 Å². The van der Waals surface area contributed by atoms with Crippen LogP contribution in [0.4, 0.5) is 13.2 Å². The summed E-state index contributed by atoms with van der Waals surface area (Å²) in [5.74, 6) is 0. The fraction of sp³-hybridized carbons (Fsp3) is 0.545. The average Bonchev–Trinajstić information content (AvgIpc) is 2.28. The summed E-state index contributed by atoms with van der Waals surface area (Å²) < 4.78 is 39.7. The predicted molar refractivity (Wildman–Crippen MR) is 57.5 cm³/mol. The molecule has 1 unspecified atom stereocenters. The van der Waals surface area contributed by atoms with Crippen LogP contribution in [-0.4, -0.2) is 30.9 Å². The van der Waals surface area contributed by atoms with Gasteiger partial charge in [-0.15, -0.1) is 0 Å². The van der Waals surface area contributed by atoms with E-state index in [1.807, 2.05) is 25.1 Å². The summed E-state index contributed by atoms with van der Waals surface area (Å²) in [5, 5.41) is 3.03. The second-order valence-corrected chi connectivity index (χ2v) is 3.60. The highest BCUT2D eigenvalue weighted by atomic mass is 19.4. The van der Waals surface area contributed by atoms with Crippen molar-refractivity contribution in [2.45, 2.75) is 19.1 Å². The number of alkyl halides is 3. The molecule has 1 aromatic rings. The third-order valence-corrected chi connectivity index (χ3v) is 2.09. The Balaban J connectivity index is 2.15. The summed E-state index contributed by atoms with van der Waals surface area (Å²) in [6.07, 6.45) is -2.58. The second-order valence-electron chi connectivity index (χ2n) is 3.60. The first-order valence-electron chi connectivity index (χ1n) is 5.28. The molecule has 0 amide bonds. The number of halogens is 3. The van der Waals surface area contributed by atoms with Crippen LogP contribution in [0.5, 0.6) is 0 Å². The molecular weight excluding hydrogens is 233 g/mol. The normalized spacial score (nSPS) is 13.6. The van der Waals surface area contributed by atoms with Gasteiger partial charge in [-0.05, 0) is 19.1 Å². The smallest absolute Gasteiger partial charge is 0.371 e. The van der Waals surface area contributed by atoms with Crippen LogP contribution in [0.25, 0.3) is 0 Å². The van der Waals surface area contributed by atoms with Crippen molar-refractivity contribution in [2.24, 2.45) is 0 Å². The lowest BCUT2D eigenvalue weighted by Crippen LogP contribution is -2.26. The average molecular weight is 248 g/mol. The number of rotatable bonds is 6. The first-order chi connectivity index (χ1) is 7.99. The van der Waals surface area contributed by atoms with Gasteiger partial charge in [0.2, 0.25) is 0 Å². The Labute approximate surface area is 98.0 Å². The number of pyridine rings is 1.